The van der Waals surface area contributed by atoms with Gasteiger partial charge in [-0.2, -0.15) is 0 Å². The van der Waals surface area contributed by atoms with Gasteiger partial charge in [0, 0.05) is 6.07 Å². The minimum atomic E-state index is -1.16. The minimum absolute atomic E-state index is 0.0338. The van der Waals surface area contributed by atoms with E-state index in [-0.39, 0.29) is 10.2 Å². The Morgan fingerprint density at radius 1 is 1.00 bits per heavy atom. The van der Waals surface area contributed by atoms with E-state index >= 15 is 0 Å². The summed E-state index contributed by atoms with van der Waals surface area (Å²) in [5, 5.41) is 30.9. The topological polar surface area (TPSA) is 167 Å². The van der Waals surface area contributed by atoms with Gasteiger partial charge in [-0.05, 0) is 4.68 Å². The molecule has 0 atom stereocenters. The molecule has 1 heterocycles. The van der Waals surface area contributed by atoms with Crippen LogP contribution in [0.5, 0.6) is 0 Å². The van der Waals surface area contributed by atoms with Crippen molar-refractivity contribution in [2.45, 2.75) is 0 Å². The molecule has 0 amide bonds. The molecule has 0 fully saturated rings. The molecule has 12 nitrogen and oxygen atoms in total. The molecule has 0 saturated heterocycles. The van der Waals surface area contributed by atoms with Gasteiger partial charge in [0.25, 0.3) is 0 Å². The van der Waals surface area contributed by atoms with Crippen LogP contribution in [0.2, 0.25) is 0 Å². The number of nitrogens with zero attached hydrogens (tertiary/aromatic N) is 4. The Labute approximate surface area is 101 Å². The Balaban J connectivity index is 2.94. The summed E-state index contributed by atoms with van der Waals surface area (Å²) in [6.07, 6.45) is 0. The van der Waals surface area contributed by atoms with Crippen molar-refractivity contribution in [2.24, 2.45) is 0 Å². The molecular weight excluding hydrogens is 266 g/mol. The summed E-state index contributed by atoms with van der Waals surface area (Å²) >= 11 is 0. The average molecular weight is 269 g/mol. The van der Waals surface area contributed by atoms with Crippen LogP contribution in [-0.2, 0) is 0 Å². The second kappa shape index (κ2) is 3.86. The number of fused-ring (bicyclic) bond motifs is 1. The lowest BCUT2D eigenvalue weighted by atomic mass is 10.2. The molecule has 0 bridgehead atoms. The van der Waals surface area contributed by atoms with E-state index in [0.717, 1.165) is 0 Å². The quantitative estimate of drug-likeness (QED) is 0.612. The molecule has 1 aromatic heterocycles. The maximum Gasteiger partial charge on any atom is 0.385 e. The predicted octanol–water partition coefficient (Wildman–Crippen LogP) is 0.186. The first kappa shape index (κ1) is 12.2. The Hall–Kier alpha value is -3.31. The smallest absolute Gasteiger partial charge is 0.301 e. The molecule has 0 radical (unpaired) electrons. The van der Waals surface area contributed by atoms with Gasteiger partial charge in [0.05, 0.1) is 21.4 Å². The molecule has 98 valence electrons. The first-order valence-electron chi connectivity index (χ1n) is 4.55. The summed E-state index contributed by atoms with van der Waals surface area (Å²) in [5.74, 6) is 0. The van der Waals surface area contributed by atoms with Crippen LogP contribution in [0.1, 0.15) is 0 Å². The molecule has 12 heteroatoms. The standard InChI is InChI=1S/C7H3N5O7/c13-7-8-3-1-5(10(14)15)6(11(16)17)2-4(3)9(7)12(18)19/h1-2H,(H,8,13). The van der Waals surface area contributed by atoms with E-state index in [4.69, 9.17) is 0 Å². The highest BCUT2D eigenvalue weighted by atomic mass is 16.7. The lowest BCUT2D eigenvalue weighted by Gasteiger charge is -1.95. The largest absolute Gasteiger partial charge is 0.385 e. The third-order valence-corrected chi connectivity index (χ3v) is 2.31. The van der Waals surface area contributed by atoms with E-state index in [9.17, 15) is 35.1 Å². The van der Waals surface area contributed by atoms with Crippen LogP contribution in [0.25, 0.3) is 11.0 Å². The van der Waals surface area contributed by atoms with Crippen LogP contribution >= 0.6 is 0 Å². The fourth-order valence-corrected chi connectivity index (χ4v) is 1.57. The van der Waals surface area contributed by atoms with Crippen molar-refractivity contribution in [3.63, 3.8) is 0 Å². The number of aromatic nitrogens is 2. The van der Waals surface area contributed by atoms with Crippen molar-refractivity contribution < 1.29 is 14.9 Å². The number of H-pyrrole nitrogens is 1. The molecule has 2 aromatic rings. The molecule has 19 heavy (non-hydrogen) atoms. The van der Waals surface area contributed by atoms with Gasteiger partial charge in [-0.25, -0.2) is 14.9 Å². The van der Waals surface area contributed by atoms with Crippen molar-refractivity contribution >= 4 is 22.4 Å². The molecule has 0 aliphatic heterocycles. The van der Waals surface area contributed by atoms with Gasteiger partial charge in [0.1, 0.15) is 5.52 Å². The number of nitrogens with one attached hydrogen (secondary N) is 1. The van der Waals surface area contributed by atoms with Crippen LogP contribution in [0.4, 0.5) is 11.4 Å². The van der Waals surface area contributed by atoms with E-state index in [1.165, 1.54) is 0 Å². The summed E-state index contributed by atoms with van der Waals surface area (Å²) in [6, 6.07) is 1.31. The van der Waals surface area contributed by atoms with E-state index < -0.39 is 37.5 Å². The lowest BCUT2D eigenvalue weighted by molar-refractivity contribution is -0.540. The normalized spacial score (nSPS) is 10.5. The predicted molar refractivity (Wildman–Crippen MR) is 58.3 cm³/mol. The number of rotatable bonds is 3. The van der Waals surface area contributed by atoms with Gasteiger partial charge in [-0.15, -0.1) is 0 Å². The fourth-order valence-electron chi connectivity index (χ4n) is 1.57. The summed E-state index contributed by atoms with van der Waals surface area (Å²) in [4.78, 5) is 43.2. The van der Waals surface area contributed by atoms with Gasteiger partial charge in [0.15, 0.2) is 5.03 Å². The minimum Gasteiger partial charge on any atom is -0.301 e. The molecule has 0 aliphatic rings. The first-order chi connectivity index (χ1) is 8.82. The third kappa shape index (κ3) is 1.76. The van der Waals surface area contributed by atoms with Crippen molar-refractivity contribution in [1.82, 2.24) is 9.66 Å². The zero-order valence-electron chi connectivity index (χ0n) is 8.80. The number of hydrogen-bond donors (Lipinski definition) is 1. The molecule has 1 N–H and O–H groups in total. The number of benzene rings is 1. The maximum absolute atomic E-state index is 11.3. The van der Waals surface area contributed by atoms with Gasteiger partial charge in [0.2, 0.25) is 0 Å². The van der Waals surface area contributed by atoms with Gasteiger partial charge < -0.3 is 4.98 Å². The molecule has 1 aromatic carbocycles. The number of hydrogen-bond acceptors (Lipinski definition) is 7. The van der Waals surface area contributed by atoms with Gasteiger partial charge in [-0.3, -0.25) is 20.2 Å². The zero-order chi connectivity index (χ0) is 14.3. The average Bonchev–Trinajstić information content (AvgIpc) is 2.61. The van der Waals surface area contributed by atoms with Crippen LogP contribution < -0.4 is 5.69 Å². The maximum atomic E-state index is 11.3. The summed E-state index contributed by atoms with van der Waals surface area (Å²) in [6.45, 7) is 0. The molecular formula is C7H3N5O7. The van der Waals surface area contributed by atoms with Crippen molar-refractivity contribution in [3.05, 3.63) is 53.0 Å². The molecule has 0 spiro atoms. The van der Waals surface area contributed by atoms with Crippen LogP contribution in [0.3, 0.4) is 0 Å². The number of aromatic amines is 1. The molecule has 0 unspecified atom stereocenters. The molecule has 0 aliphatic carbocycles. The zero-order valence-corrected chi connectivity index (χ0v) is 8.80. The first-order valence-corrected chi connectivity index (χ1v) is 4.55. The molecule has 0 saturated carbocycles. The van der Waals surface area contributed by atoms with Gasteiger partial charge in [-0.1, -0.05) is 0 Å². The lowest BCUT2D eigenvalue weighted by Crippen LogP contribution is -2.23. The Kier molecular flexibility index (Phi) is 2.47. The Morgan fingerprint density at radius 3 is 2.00 bits per heavy atom. The second-order valence-electron chi connectivity index (χ2n) is 3.35. The van der Waals surface area contributed by atoms with Crippen LogP contribution in [0.15, 0.2) is 16.9 Å². The van der Waals surface area contributed by atoms with Crippen molar-refractivity contribution in [1.29, 1.82) is 0 Å². The highest BCUT2D eigenvalue weighted by Crippen LogP contribution is 2.30. The SMILES string of the molecule is O=c1[nH]c2cc([N+](=O)[O-])c([N+](=O)[O-])cc2n1[N+](=O)[O-]. The van der Waals surface area contributed by atoms with E-state index in [1.54, 1.807) is 0 Å². The Morgan fingerprint density at radius 2 is 1.53 bits per heavy atom. The van der Waals surface area contributed by atoms with Crippen molar-refractivity contribution in [3.8, 4) is 0 Å². The number of nitro benzene ring substituents is 2. The fraction of sp³-hybridized carbons (Fsp3) is 0. The van der Waals surface area contributed by atoms with E-state index in [1.807, 2.05) is 4.98 Å². The third-order valence-electron chi connectivity index (χ3n) is 2.31. The summed E-state index contributed by atoms with van der Waals surface area (Å²) < 4.78 is 0.0338. The number of imidazole rings is 1. The van der Waals surface area contributed by atoms with E-state index in [0.29, 0.717) is 12.1 Å². The summed E-state index contributed by atoms with van der Waals surface area (Å²) in [7, 11) is 0. The highest BCUT2D eigenvalue weighted by Gasteiger charge is 2.29. The van der Waals surface area contributed by atoms with Crippen LogP contribution in [-0.4, -0.2) is 24.5 Å². The molecule has 2 rings (SSSR count). The Bertz CT molecular complexity index is 787. The van der Waals surface area contributed by atoms with Crippen molar-refractivity contribution in [2.75, 3.05) is 0 Å². The monoisotopic (exact) mass is 269 g/mol. The number of nitro groups is 3. The summed E-state index contributed by atoms with van der Waals surface area (Å²) in [5.41, 5.74) is -3.62. The second-order valence-corrected chi connectivity index (χ2v) is 3.35. The van der Waals surface area contributed by atoms with Crippen LogP contribution in [0, 0.1) is 30.3 Å². The van der Waals surface area contributed by atoms with E-state index in [2.05, 4.69) is 0 Å². The van der Waals surface area contributed by atoms with Gasteiger partial charge >= 0.3 is 17.1 Å². The highest BCUT2D eigenvalue weighted by molar-refractivity contribution is 5.82.